The Bertz CT molecular complexity index is 614. The highest BCUT2D eigenvalue weighted by molar-refractivity contribution is 9.12. The number of thiophene rings is 1. The molecule has 0 aliphatic carbocycles. The van der Waals surface area contributed by atoms with Gasteiger partial charge in [-0.25, -0.2) is 8.42 Å². The molecule has 0 aromatic carbocycles. The Labute approximate surface area is 130 Å². The third-order valence-corrected chi connectivity index (χ3v) is 7.36. The van der Waals surface area contributed by atoms with E-state index in [0.717, 1.165) is 4.31 Å². The van der Waals surface area contributed by atoms with Crippen LogP contribution in [0.5, 0.6) is 0 Å². The van der Waals surface area contributed by atoms with E-state index in [2.05, 4.69) is 31.9 Å². The summed E-state index contributed by atoms with van der Waals surface area (Å²) < 4.78 is 26.7. The molecule has 19 heavy (non-hydrogen) atoms. The Balaban J connectivity index is 2.44. The van der Waals surface area contributed by atoms with E-state index in [9.17, 15) is 18.3 Å². The molecule has 1 fully saturated rings. The van der Waals surface area contributed by atoms with Gasteiger partial charge >= 0.3 is 5.97 Å². The van der Waals surface area contributed by atoms with Crippen molar-refractivity contribution in [3.8, 4) is 0 Å². The quantitative estimate of drug-likeness (QED) is 0.751. The maximum Gasteiger partial charge on any atom is 0.322 e. The maximum atomic E-state index is 12.4. The number of β-amino-alcohol motifs (C(OH)–C–C–N with tert-alkyl or cyclic N) is 1. The van der Waals surface area contributed by atoms with Gasteiger partial charge in [-0.15, -0.1) is 11.3 Å². The van der Waals surface area contributed by atoms with E-state index >= 15 is 0 Å². The zero-order valence-electron chi connectivity index (χ0n) is 9.29. The number of rotatable bonds is 3. The Morgan fingerprint density at radius 2 is 2.11 bits per heavy atom. The van der Waals surface area contributed by atoms with Crippen LogP contribution in [0.15, 0.2) is 18.5 Å². The lowest BCUT2D eigenvalue weighted by atomic mass is 10.2. The molecule has 0 bridgehead atoms. The van der Waals surface area contributed by atoms with Crippen LogP contribution in [0.2, 0.25) is 0 Å². The highest BCUT2D eigenvalue weighted by Gasteiger charge is 2.44. The zero-order chi connectivity index (χ0) is 14.4. The van der Waals surface area contributed by atoms with Crippen molar-refractivity contribution in [3.05, 3.63) is 13.6 Å². The second-order valence-electron chi connectivity index (χ2n) is 4.01. The predicted octanol–water partition coefficient (Wildman–Crippen LogP) is 1.48. The van der Waals surface area contributed by atoms with Crippen molar-refractivity contribution in [3.63, 3.8) is 0 Å². The third kappa shape index (κ3) is 2.88. The molecule has 2 atom stereocenters. The van der Waals surface area contributed by atoms with Gasteiger partial charge in [-0.2, -0.15) is 4.31 Å². The van der Waals surface area contributed by atoms with Crippen LogP contribution in [0.4, 0.5) is 0 Å². The molecule has 2 N–H and O–H groups in total. The first kappa shape index (κ1) is 15.4. The number of aliphatic hydroxyl groups excluding tert-OH is 1. The molecule has 2 heterocycles. The molecule has 1 aromatic rings. The molecular weight excluding hydrogens is 426 g/mol. The van der Waals surface area contributed by atoms with Crippen molar-refractivity contribution in [2.24, 2.45) is 0 Å². The summed E-state index contributed by atoms with van der Waals surface area (Å²) in [6, 6.07) is 0.179. The van der Waals surface area contributed by atoms with Gasteiger partial charge in [0.25, 0.3) is 0 Å². The molecule has 1 aromatic heterocycles. The summed E-state index contributed by atoms with van der Waals surface area (Å²) in [6.07, 6.45) is -1.06. The number of nitrogens with zero attached hydrogens (tertiary/aromatic N) is 1. The lowest BCUT2D eigenvalue weighted by Crippen LogP contribution is -2.40. The van der Waals surface area contributed by atoms with Crippen molar-refractivity contribution in [1.82, 2.24) is 4.31 Å². The molecule has 0 amide bonds. The monoisotopic (exact) mass is 433 g/mol. The minimum absolute atomic E-state index is 0.00438. The SMILES string of the molecule is O=C(O)[C@H]1C[C@@H](O)CN1S(=O)(=O)c1cc(Br)sc1Br. The van der Waals surface area contributed by atoms with E-state index in [1.807, 2.05) is 0 Å². The van der Waals surface area contributed by atoms with Gasteiger partial charge in [0.2, 0.25) is 10.0 Å². The number of halogens is 2. The lowest BCUT2D eigenvalue weighted by Gasteiger charge is -2.20. The van der Waals surface area contributed by atoms with Gasteiger partial charge in [0, 0.05) is 13.0 Å². The molecule has 106 valence electrons. The van der Waals surface area contributed by atoms with Crippen molar-refractivity contribution < 1.29 is 23.4 Å². The summed E-state index contributed by atoms with van der Waals surface area (Å²) in [5.41, 5.74) is 0. The molecular formula is C9H9Br2NO5S2. The van der Waals surface area contributed by atoms with Gasteiger partial charge in [0.05, 0.1) is 13.7 Å². The van der Waals surface area contributed by atoms with E-state index in [0.29, 0.717) is 7.57 Å². The highest BCUT2D eigenvalue weighted by Crippen LogP contribution is 2.38. The van der Waals surface area contributed by atoms with Gasteiger partial charge in [0.1, 0.15) is 10.9 Å². The van der Waals surface area contributed by atoms with Crippen LogP contribution in [0, 0.1) is 0 Å². The van der Waals surface area contributed by atoms with Gasteiger partial charge in [0.15, 0.2) is 0 Å². The maximum absolute atomic E-state index is 12.4. The normalized spacial score (nSPS) is 24.8. The summed E-state index contributed by atoms with van der Waals surface area (Å²) in [7, 11) is -3.95. The second-order valence-corrected chi connectivity index (χ2v) is 9.62. The van der Waals surface area contributed by atoms with Gasteiger partial charge in [-0.3, -0.25) is 4.79 Å². The second kappa shape index (κ2) is 5.41. The number of carbonyl (C=O) groups is 1. The van der Waals surface area contributed by atoms with Crippen LogP contribution in [0.1, 0.15) is 6.42 Å². The number of carboxylic acids is 1. The molecule has 0 spiro atoms. The van der Waals surface area contributed by atoms with Crippen LogP contribution in [0.25, 0.3) is 0 Å². The molecule has 0 radical (unpaired) electrons. The number of hydrogen-bond acceptors (Lipinski definition) is 5. The number of carboxylic acid groups (broad SMARTS) is 1. The van der Waals surface area contributed by atoms with Gasteiger partial charge < -0.3 is 10.2 Å². The first-order valence-electron chi connectivity index (χ1n) is 5.11. The molecule has 1 aliphatic rings. The Morgan fingerprint density at radius 3 is 2.58 bits per heavy atom. The van der Waals surface area contributed by atoms with Crippen LogP contribution in [-0.4, -0.2) is 47.6 Å². The average molecular weight is 435 g/mol. The van der Waals surface area contributed by atoms with E-state index < -0.39 is 28.1 Å². The number of sulfonamides is 1. The Morgan fingerprint density at radius 1 is 1.47 bits per heavy atom. The largest absolute Gasteiger partial charge is 0.480 e. The lowest BCUT2D eigenvalue weighted by molar-refractivity contribution is -0.140. The minimum atomic E-state index is -3.95. The van der Waals surface area contributed by atoms with Crippen LogP contribution >= 0.6 is 43.2 Å². The first-order chi connectivity index (χ1) is 8.73. The Kier molecular flexibility index (Phi) is 4.38. The fourth-order valence-electron chi connectivity index (χ4n) is 1.90. The van der Waals surface area contributed by atoms with Crippen molar-refractivity contribution in [1.29, 1.82) is 0 Å². The number of aliphatic hydroxyl groups is 1. The van der Waals surface area contributed by atoms with Crippen LogP contribution in [0.3, 0.4) is 0 Å². The van der Waals surface area contributed by atoms with E-state index in [-0.39, 0.29) is 17.9 Å². The van der Waals surface area contributed by atoms with Gasteiger partial charge in [-0.05, 0) is 37.9 Å². The predicted molar refractivity (Wildman–Crippen MR) is 75.7 cm³/mol. The van der Waals surface area contributed by atoms with Gasteiger partial charge in [-0.1, -0.05) is 0 Å². The average Bonchev–Trinajstić information content (AvgIpc) is 2.82. The summed E-state index contributed by atoms with van der Waals surface area (Å²) in [6.45, 7) is -0.209. The van der Waals surface area contributed by atoms with E-state index in [1.54, 1.807) is 0 Å². The summed E-state index contributed by atoms with van der Waals surface area (Å²) in [5, 5.41) is 18.6. The molecule has 0 unspecified atom stereocenters. The zero-order valence-corrected chi connectivity index (χ0v) is 14.1. The van der Waals surface area contributed by atoms with Crippen molar-refractivity contribution in [2.75, 3.05) is 6.54 Å². The van der Waals surface area contributed by atoms with Crippen LogP contribution < -0.4 is 0 Å². The number of aliphatic carboxylic acids is 1. The summed E-state index contributed by atoms with van der Waals surface area (Å²) in [4.78, 5) is 11.1. The topological polar surface area (TPSA) is 94.9 Å². The first-order valence-corrected chi connectivity index (χ1v) is 8.95. The smallest absolute Gasteiger partial charge is 0.322 e. The highest BCUT2D eigenvalue weighted by atomic mass is 79.9. The Hall–Kier alpha value is -0.000000000000000333. The molecule has 1 saturated heterocycles. The molecule has 0 saturated carbocycles. The van der Waals surface area contributed by atoms with Crippen molar-refractivity contribution >= 4 is 59.2 Å². The number of hydrogen-bond donors (Lipinski definition) is 2. The fraction of sp³-hybridized carbons (Fsp3) is 0.444. The van der Waals surface area contributed by atoms with E-state index in [1.165, 1.54) is 17.4 Å². The molecule has 10 heteroatoms. The molecule has 1 aliphatic heterocycles. The minimum Gasteiger partial charge on any atom is -0.480 e. The molecule has 6 nitrogen and oxygen atoms in total. The van der Waals surface area contributed by atoms with Crippen molar-refractivity contribution in [2.45, 2.75) is 23.5 Å². The molecule has 2 rings (SSSR count). The fourth-order valence-corrected chi connectivity index (χ4v) is 7.30. The third-order valence-electron chi connectivity index (χ3n) is 2.73. The van der Waals surface area contributed by atoms with Crippen LogP contribution in [-0.2, 0) is 14.8 Å². The summed E-state index contributed by atoms with van der Waals surface area (Å²) >= 11 is 7.51. The van der Waals surface area contributed by atoms with E-state index in [4.69, 9.17) is 5.11 Å². The standard InChI is InChI=1S/C9H9Br2NO5S2/c10-7-2-6(8(11)18-7)19(16,17)12-3-4(13)1-5(12)9(14)15/h2,4-5,13H,1,3H2,(H,14,15)/t4-,5-/m1/s1. The summed E-state index contributed by atoms with van der Waals surface area (Å²) in [5.74, 6) is -1.26.